The third-order valence-electron chi connectivity index (χ3n) is 3.72. The van der Waals surface area contributed by atoms with E-state index in [-0.39, 0.29) is 11.4 Å². The van der Waals surface area contributed by atoms with E-state index in [1.165, 1.54) is 7.11 Å². The smallest absolute Gasteiger partial charge is 0.337 e. The number of hydrogen-bond donors (Lipinski definition) is 1. The van der Waals surface area contributed by atoms with Crippen molar-refractivity contribution in [1.29, 1.82) is 0 Å². The van der Waals surface area contributed by atoms with Crippen molar-refractivity contribution in [1.82, 2.24) is 0 Å². The van der Waals surface area contributed by atoms with Crippen molar-refractivity contribution in [2.75, 3.05) is 19.5 Å². The van der Waals surface area contributed by atoms with Crippen LogP contribution in [-0.2, 0) is 4.74 Å². The SMILES string of the molecule is CCCC(CS)(CCC)COc1ccc(C(=O)OC)cc1. The Bertz CT molecular complexity index is 422. The van der Waals surface area contributed by atoms with Crippen molar-refractivity contribution < 1.29 is 14.3 Å². The van der Waals surface area contributed by atoms with Gasteiger partial charge in [-0.3, -0.25) is 0 Å². The molecule has 0 fully saturated rings. The molecule has 1 aromatic carbocycles. The minimum absolute atomic E-state index is 0.133. The van der Waals surface area contributed by atoms with Gasteiger partial charge in [0.15, 0.2) is 0 Å². The molecule has 0 aliphatic rings. The van der Waals surface area contributed by atoms with Crippen LogP contribution in [0, 0.1) is 5.41 Å². The summed E-state index contributed by atoms with van der Waals surface area (Å²) in [6, 6.07) is 7.08. The van der Waals surface area contributed by atoms with E-state index < -0.39 is 0 Å². The molecule has 4 heteroatoms. The largest absolute Gasteiger partial charge is 0.493 e. The Balaban J connectivity index is 2.69. The van der Waals surface area contributed by atoms with Crippen molar-refractivity contribution in [3.8, 4) is 5.75 Å². The van der Waals surface area contributed by atoms with Crippen LogP contribution in [0.15, 0.2) is 24.3 Å². The number of esters is 1. The van der Waals surface area contributed by atoms with Gasteiger partial charge >= 0.3 is 5.97 Å². The lowest BCUT2D eigenvalue weighted by atomic mass is 9.82. The van der Waals surface area contributed by atoms with Gasteiger partial charge in [-0.15, -0.1) is 0 Å². The van der Waals surface area contributed by atoms with E-state index in [0.29, 0.717) is 12.2 Å². The summed E-state index contributed by atoms with van der Waals surface area (Å²) >= 11 is 4.53. The van der Waals surface area contributed by atoms with Gasteiger partial charge < -0.3 is 9.47 Å². The quantitative estimate of drug-likeness (QED) is 0.543. The molecule has 0 amide bonds. The fourth-order valence-corrected chi connectivity index (χ4v) is 2.98. The Hall–Kier alpha value is -1.16. The first-order chi connectivity index (χ1) is 10.1. The molecule has 0 bridgehead atoms. The lowest BCUT2D eigenvalue weighted by Crippen LogP contribution is -2.30. The summed E-state index contributed by atoms with van der Waals surface area (Å²) in [5.41, 5.74) is 0.667. The number of rotatable bonds is 9. The summed E-state index contributed by atoms with van der Waals surface area (Å²) in [6.45, 7) is 5.05. The predicted octanol–water partition coefficient (Wildman–Crippen LogP) is 4.37. The second-order valence-corrected chi connectivity index (χ2v) is 5.78. The first-order valence-corrected chi connectivity index (χ1v) is 8.16. The highest BCUT2D eigenvalue weighted by molar-refractivity contribution is 7.80. The predicted molar refractivity (Wildman–Crippen MR) is 89.4 cm³/mol. The summed E-state index contributed by atoms with van der Waals surface area (Å²) < 4.78 is 10.6. The van der Waals surface area contributed by atoms with Crippen LogP contribution in [0.2, 0.25) is 0 Å². The molecule has 0 heterocycles. The summed E-state index contributed by atoms with van der Waals surface area (Å²) in [6.07, 6.45) is 4.49. The molecule has 0 aromatic heterocycles. The second-order valence-electron chi connectivity index (χ2n) is 5.46. The Morgan fingerprint density at radius 3 is 2.14 bits per heavy atom. The number of thiol groups is 1. The highest BCUT2D eigenvalue weighted by Crippen LogP contribution is 2.32. The Morgan fingerprint density at radius 1 is 1.14 bits per heavy atom. The number of benzene rings is 1. The van der Waals surface area contributed by atoms with E-state index in [2.05, 4.69) is 31.2 Å². The van der Waals surface area contributed by atoms with E-state index in [0.717, 1.165) is 37.2 Å². The summed E-state index contributed by atoms with van der Waals surface area (Å²) in [7, 11) is 1.38. The monoisotopic (exact) mass is 310 g/mol. The van der Waals surface area contributed by atoms with Crippen LogP contribution in [0.4, 0.5) is 0 Å². The lowest BCUT2D eigenvalue weighted by molar-refractivity contribution is 0.0600. The molecule has 0 unspecified atom stereocenters. The van der Waals surface area contributed by atoms with Gasteiger partial charge in [-0.25, -0.2) is 4.79 Å². The maximum atomic E-state index is 11.4. The normalized spacial score (nSPS) is 11.2. The molecule has 0 atom stereocenters. The molecule has 0 N–H and O–H groups in total. The van der Waals surface area contributed by atoms with Crippen molar-refractivity contribution in [2.45, 2.75) is 39.5 Å². The van der Waals surface area contributed by atoms with Gasteiger partial charge in [-0.1, -0.05) is 26.7 Å². The van der Waals surface area contributed by atoms with Crippen molar-refractivity contribution >= 4 is 18.6 Å². The highest BCUT2D eigenvalue weighted by Gasteiger charge is 2.27. The fourth-order valence-electron chi connectivity index (χ4n) is 2.58. The van der Waals surface area contributed by atoms with Crippen LogP contribution in [0.5, 0.6) is 5.75 Å². The third kappa shape index (κ3) is 5.27. The minimum Gasteiger partial charge on any atom is -0.493 e. The molecule has 0 aliphatic heterocycles. The zero-order valence-electron chi connectivity index (χ0n) is 13.2. The second kappa shape index (κ2) is 8.98. The molecule has 1 aromatic rings. The standard InChI is InChI=1S/C17H26O3S/c1-4-10-17(13-21,11-5-2)12-20-15-8-6-14(7-9-15)16(18)19-3/h6-9,21H,4-5,10-13H2,1-3H3. The molecule has 0 saturated carbocycles. The summed E-state index contributed by atoms with van der Waals surface area (Å²) in [5, 5.41) is 0. The van der Waals surface area contributed by atoms with Crippen molar-refractivity contribution in [3.63, 3.8) is 0 Å². The van der Waals surface area contributed by atoms with Gasteiger partial charge in [0.25, 0.3) is 0 Å². The molecule has 118 valence electrons. The first kappa shape index (κ1) is 17.9. The molecule has 0 radical (unpaired) electrons. The zero-order valence-corrected chi connectivity index (χ0v) is 14.1. The average Bonchev–Trinajstić information content (AvgIpc) is 2.52. The van der Waals surface area contributed by atoms with Gasteiger partial charge in [0.05, 0.1) is 19.3 Å². The van der Waals surface area contributed by atoms with Crippen LogP contribution in [0.1, 0.15) is 49.9 Å². The van der Waals surface area contributed by atoms with Crippen LogP contribution in [0.25, 0.3) is 0 Å². The third-order valence-corrected chi connectivity index (χ3v) is 4.39. The van der Waals surface area contributed by atoms with Crippen LogP contribution < -0.4 is 4.74 Å². The van der Waals surface area contributed by atoms with E-state index >= 15 is 0 Å². The molecule has 3 nitrogen and oxygen atoms in total. The highest BCUT2D eigenvalue weighted by atomic mass is 32.1. The van der Waals surface area contributed by atoms with Gasteiger partial charge in [0.2, 0.25) is 0 Å². The average molecular weight is 310 g/mol. The molecule has 0 spiro atoms. The number of ether oxygens (including phenoxy) is 2. The van der Waals surface area contributed by atoms with E-state index in [1.807, 2.05) is 12.1 Å². The zero-order chi connectivity index (χ0) is 15.7. The van der Waals surface area contributed by atoms with Crippen LogP contribution in [0.3, 0.4) is 0 Å². The summed E-state index contributed by atoms with van der Waals surface area (Å²) in [4.78, 5) is 11.4. The molecule has 1 rings (SSSR count). The maximum Gasteiger partial charge on any atom is 0.337 e. The van der Waals surface area contributed by atoms with E-state index in [1.54, 1.807) is 12.1 Å². The molecule has 21 heavy (non-hydrogen) atoms. The number of methoxy groups -OCH3 is 1. The van der Waals surface area contributed by atoms with Gasteiger partial charge in [0.1, 0.15) is 5.75 Å². The Labute approximate surface area is 133 Å². The van der Waals surface area contributed by atoms with Gasteiger partial charge in [-0.05, 0) is 42.9 Å². The number of carbonyl (C=O) groups is 1. The first-order valence-electron chi connectivity index (χ1n) is 7.53. The van der Waals surface area contributed by atoms with E-state index in [4.69, 9.17) is 4.74 Å². The van der Waals surface area contributed by atoms with Gasteiger partial charge in [0, 0.05) is 5.41 Å². The fraction of sp³-hybridized carbons (Fsp3) is 0.588. The van der Waals surface area contributed by atoms with Gasteiger partial charge in [-0.2, -0.15) is 12.6 Å². The van der Waals surface area contributed by atoms with Crippen LogP contribution in [-0.4, -0.2) is 25.4 Å². The Kier molecular flexibility index (Phi) is 7.65. The molecular formula is C17H26O3S. The minimum atomic E-state index is -0.330. The van der Waals surface area contributed by atoms with Crippen molar-refractivity contribution in [2.24, 2.45) is 5.41 Å². The number of carbonyl (C=O) groups excluding carboxylic acids is 1. The van der Waals surface area contributed by atoms with E-state index in [9.17, 15) is 4.79 Å². The van der Waals surface area contributed by atoms with Crippen molar-refractivity contribution in [3.05, 3.63) is 29.8 Å². The van der Waals surface area contributed by atoms with Crippen LogP contribution >= 0.6 is 12.6 Å². The topological polar surface area (TPSA) is 35.5 Å². The molecule has 0 aliphatic carbocycles. The molecule has 0 saturated heterocycles. The lowest BCUT2D eigenvalue weighted by Gasteiger charge is -2.31. The summed E-state index contributed by atoms with van der Waals surface area (Å²) in [5.74, 6) is 1.28. The maximum absolute atomic E-state index is 11.4. The number of hydrogen-bond acceptors (Lipinski definition) is 4. The Morgan fingerprint density at radius 2 is 1.71 bits per heavy atom. The molecular weight excluding hydrogens is 284 g/mol.